The molecule has 7 nitrogen and oxygen atoms in total. The minimum Gasteiger partial charge on any atom is -0.486 e. The number of amides is 1. The van der Waals surface area contributed by atoms with Crippen molar-refractivity contribution in [2.24, 2.45) is 5.92 Å². The van der Waals surface area contributed by atoms with Gasteiger partial charge in [-0.25, -0.2) is 0 Å². The van der Waals surface area contributed by atoms with Crippen molar-refractivity contribution in [3.63, 3.8) is 0 Å². The summed E-state index contributed by atoms with van der Waals surface area (Å²) in [6.07, 6.45) is 0.655. The summed E-state index contributed by atoms with van der Waals surface area (Å²) in [5.74, 6) is 0.344. The molecule has 0 radical (unpaired) electrons. The molecular weight excluding hydrogens is 410 g/mol. The van der Waals surface area contributed by atoms with Crippen LogP contribution in [-0.2, 0) is 14.3 Å². The summed E-state index contributed by atoms with van der Waals surface area (Å²) in [5.41, 5.74) is 1.45. The van der Waals surface area contributed by atoms with E-state index in [0.717, 1.165) is 12.0 Å². The van der Waals surface area contributed by atoms with E-state index in [1.165, 1.54) is 0 Å². The van der Waals surface area contributed by atoms with Gasteiger partial charge in [0.2, 0.25) is 0 Å². The molecule has 0 spiro atoms. The van der Waals surface area contributed by atoms with Crippen LogP contribution < -0.4 is 14.8 Å². The van der Waals surface area contributed by atoms with Gasteiger partial charge < -0.3 is 19.5 Å². The highest BCUT2D eigenvalue weighted by Gasteiger charge is 2.19. The van der Waals surface area contributed by atoms with Crippen molar-refractivity contribution < 1.29 is 28.6 Å². The number of esters is 1. The third-order valence-corrected chi connectivity index (χ3v) is 5.03. The molecule has 1 aliphatic heterocycles. The molecular formula is C25H29NO6. The van der Waals surface area contributed by atoms with Crippen LogP contribution in [0.4, 0.5) is 0 Å². The van der Waals surface area contributed by atoms with Gasteiger partial charge in [-0.05, 0) is 36.1 Å². The standard InChI is InChI=1S/C25H29NO6/c1-17(2)14-20(18-6-4-3-5-7-18)26-24(28)16-32-25(29)11-9-21(27)19-8-10-22-23(15-19)31-13-12-30-22/h3-8,10,15,17,20H,9,11-14,16H2,1-2H3,(H,26,28). The van der Waals surface area contributed by atoms with E-state index in [1.54, 1.807) is 18.2 Å². The highest BCUT2D eigenvalue weighted by atomic mass is 16.6. The average Bonchev–Trinajstić information content (AvgIpc) is 2.80. The summed E-state index contributed by atoms with van der Waals surface area (Å²) < 4.78 is 16.0. The van der Waals surface area contributed by atoms with Gasteiger partial charge in [0.1, 0.15) is 13.2 Å². The summed E-state index contributed by atoms with van der Waals surface area (Å²) in [4.78, 5) is 36.8. The van der Waals surface area contributed by atoms with E-state index in [0.29, 0.717) is 36.2 Å². The second-order valence-corrected chi connectivity index (χ2v) is 8.10. The minimum absolute atomic E-state index is 0.0138. The maximum absolute atomic E-state index is 12.4. The lowest BCUT2D eigenvalue weighted by Crippen LogP contribution is -2.33. The molecule has 0 saturated carbocycles. The normalized spacial score (nSPS) is 13.3. The van der Waals surface area contributed by atoms with E-state index < -0.39 is 5.97 Å². The Labute approximate surface area is 188 Å². The molecule has 1 aliphatic rings. The van der Waals surface area contributed by atoms with Crippen molar-refractivity contribution >= 4 is 17.7 Å². The molecule has 1 atom stereocenters. The smallest absolute Gasteiger partial charge is 0.306 e. The van der Waals surface area contributed by atoms with Gasteiger partial charge in [0.25, 0.3) is 5.91 Å². The predicted octanol–water partition coefficient (Wildman–Crippen LogP) is 3.87. The van der Waals surface area contributed by atoms with Crippen LogP contribution in [0, 0.1) is 5.92 Å². The zero-order chi connectivity index (χ0) is 22.9. The molecule has 1 amide bonds. The summed E-state index contributed by atoms with van der Waals surface area (Å²) in [5, 5.41) is 2.93. The molecule has 0 aromatic heterocycles. The van der Waals surface area contributed by atoms with Crippen molar-refractivity contribution in [2.75, 3.05) is 19.8 Å². The number of benzene rings is 2. The summed E-state index contributed by atoms with van der Waals surface area (Å²) in [6.45, 7) is 4.70. The Kier molecular flexibility index (Phi) is 8.25. The molecule has 1 N–H and O–H groups in total. The van der Waals surface area contributed by atoms with Gasteiger partial charge in [0, 0.05) is 12.0 Å². The number of hydrogen-bond acceptors (Lipinski definition) is 6. The van der Waals surface area contributed by atoms with Gasteiger partial charge in [-0.2, -0.15) is 0 Å². The van der Waals surface area contributed by atoms with Crippen molar-refractivity contribution in [3.8, 4) is 11.5 Å². The van der Waals surface area contributed by atoms with Crippen LogP contribution in [0.5, 0.6) is 11.5 Å². The maximum Gasteiger partial charge on any atom is 0.306 e. The van der Waals surface area contributed by atoms with Gasteiger partial charge in [-0.3, -0.25) is 14.4 Å². The molecule has 0 aliphatic carbocycles. The van der Waals surface area contributed by atoms with Crippen LogP contribution in [0.1, 0.15) is 55.1 Å². The number of ketones is 1. The zero-order valence-electron chi connectivity index (χ0n) is 18.5. The van der Waals surface area contributed by atoms with Crippen molar-refractivity contribution in [1.82, 2.24) is 5.32 Å². The van der Waals surface area contributed by atoms with Gasteiger partial charge >= 0.3 is 5.97 Å². The van der Waals surface area contributed by atoms with Crippen LogP contribution >= 0.6 is 0 Å². The fourth-order valence-electron chi connectivity index (χ4n) is 3.47. The second kappa shape index (κ2) is 11.3. The summed E-state index contributed by atoms with van der Waals surface area (Å²) >= 11 is 0. The Morgan fingerprint density at radius 3 is 2.41 bits per heavy atom. The van der Waals surface area contributed by atoms with Crippen LogP contribution in [0.15, 0.2) is 48.5 Å². The van der Waals surface area contributed by atoms with Crippen LogP contribution in [-0.4, -0.2) is 37.5 Å². The first-order valence-corrected chi connectivity index (χ1v) is 10.8. The van der Waals surface area contributed by atoms with Crippen LogP contribution in [0.25, 0.3) is 0 Å². The molecule has 1 heterocycles. The van der Waals surface area contributed by atoms with Crippen LogP contribution in [0.3, 0.4) is 0 Å². The molecule has 170 valence electrons. The third kappa shape index (κ3) is 6.83. The highest BCUT2D eigenvalue weighted by molar-refractivity contribution is 5.98. The summed E-state index contributed by atoms with van der Waals surface area (Å²) in [7, 11) is 0. The maximum atomic E-state index is 12.4. The van der Waals surface area contributed by atoms with E-state index in [2.05, 4.69) is 19.2 Å². The van der Waals surface area contributed by atoms with Crippen LogP contribution in [0.2, 0.25) is 0 Å². The Hall–Kier alpha value is -3.35. The van der Waals surface area contributed by atoms with Crippen molar-refractivity contribution in [1.29, 1.82) is 0 Å². The molecule has 0 bridgehead atoms. The van der Waals surface area contributed by atoms with Gasteiger partial charge in [0.15, 0.2) is 23.9 Å². The first kappa shape index (κ1) is 23.3. The van der Waals surface area contributed by atoms with Crippen molar-refractivity contribution in [3.05, 3.63) is 59.7 Å². The third-order valence-electron chi connectivity index (χ3n) is 5.03. The minimum atomic E-state index is -0.592. The molecule has 1 unspecified atom stereocenters. The Balaban J connectivity index is 1.44. The molecule has 32 heavy (non-hydrogen) atoms. The predicted molar refractivity (Wildman–Crippen MR) is 119 cm³/mol. The largest absolute Gasteiger partial charge is 0.486 e. The average molecular weight is 440 g/mol. The van der Waals surface area contributed by atoms with E-state index in [1.807, 2.05) is 30.3 Å². The first-order chi connectivity index (χ1) is 15.4. The lowest BCUT2D eigenvalue weighted by molar-refractivity contribution is -0.148. The lowest BCUT2D eigenvalue weighted by atomic mass is 9.97. The number of carbonyl (C=O) groups excluding carboxylic acids is 3. The Morgan fingerprint density at radius 2 is 1.69 bits per heavy atom. The molecule has 0 saturated heterocycles. The topological polar surface area (TPSA) is 90.9 Å². The number of hydrogen-bond donors (Lipinski definition) is 1. The zero-order valence-corrected chi connectivity index (χ0v) is 18.5. The molecule has 2 aromatic rings. The molecule has 3 rings (SSSR count). The number of ether oxygens (including phenoxy) is 3. The molecule has 0 fully saturated rings. The Morgan fingerprint density at radius 1 is 0.969 bits per heavy atom. The monoisotopic (exact) mass is 439 g/mol. The Bertz CT molecular complexity index is 941. The second-order valence-electron chi connectivity index (χ2n) is 8.10. The van der Waals surface area contributed by atoms with Crippen molar-refractivity contribution in [2.45, 2.75) is 39.2 Å². The van der Waals surface area contributed by atoms with E-state index in [-0.39, 0.29) is 37.2 Å². The number of nitrogens with one attached hydrogen (secondary N) is 1. The molecule has 7 heteroatoms. The van der Waals surface area contributed by atoms with E-state index in [4.69, 9.17) is 14.2 Å². The van der Waals surface area contributed by atoms with E-state index >= 15 is 0 Å². The quantitative estimate of drug-likeness (QED) is 0.446. The van der Waals surface area contributed by atoms with Gasteiger partial charge in [-0.15, -0.1) is 0 Å². The number of carbonyl (C=O) groups is 3. The SMILES string of the molecule is CC(C)CC(NC(=O)COC(=O)CCC(=O)c1ccc2c(c1)OCCO2)c1ccccc1. The highest BCUT2D eigenvalue weighted by Crippen LogP contribution is 2.31. The number of Topliss-reactive ketones (excluding diaryl/α,β-unsaturated/α-hetero) is 1. The number of rotatable bonds is 10. The first-order valence-electron chi connectivity index (χ1n) is 10.8. The van der Waals surface area contributed by atoms with E-state index in [9.17, 15) is 14.4 Å². The lowest BCUT2D eigenvalue weighted by Gasteiger charge is -2.21. The fraction of sp³-hybridized carbons (Fsp3) is 0.400. The fourth-order valence-corrected chi connectivity index (χ4v) is 3.47. The summed E-state index contributed by atoms with van der Waals surface area (Å²) in [6, 6.07) is 14.5. The molecule has 2 aromatic carbocycles. The van der Waals surface area contributed by atoms with Gasteiger partial charge in [0.05, 0.1) is 12.5 Å². The van der Waals surface area contributed by atoms with Gasteiger partial charge in [-0.1, -0.05) is 44.2 Å². The number of fused-ring (bicyclic) bond motifs is 1.